The lowest BCUT2D eigenvalue weighted by Gasteiger charge is -2.26. The Hall–Kier alpha value is -2.40. The fourth-order valence-electron chi connectivity index (χ4n) is 3.01. The molecule has 2 N–H and O–H groups in total. The first-order valence-corrected chi connectivity index (χ1v) is 11.0. The van der Waals surface area contributed by atoms with Gasteiger partial charge in [-0.25, -0.2) is 21.9 Å². The summed E-state index contributed by atoms with van der Waals surface area (Å²) in [5.41, 5.74) is 1.67. The second-order valence-electron chi connectivity index (χ2n) is 6.86. The molecule has 0 radical (unpaired) electrons. The van der Waals surface area contributed by atoms with Crippen LogP contribution in [0.1, 0.15) is 12.0 Å². The highest BCUT2D eigenvalue weighted by molar-refractivity contribution is 7.89. The lowest BCUT2D eigenvalue weighted by atomic mass is 10.1. The molecule has 1 amide bonds. The Morgan fingerprint density at radius 3 is 2.57 bits per heavy atom. The van der Waals surface area contributed by atoms with Crippen LogP contribution in [0.3, 0.4) is 0 Å². The number of carbonyl (C=O) groups excluding carboxylic acids is 1. The van der Waals surface area contributed by atoms with Crippen molar-refractivity contribution in [2.75, 3.05) is 38.2 Å². The van der Waals surface area contributed by atoms with Gasteiger partial charge in [0.05, 0.1) is 18.1 Å². The van der Waals surface area contributed by atoms with E-state index in [1.165, 1.54) is 0 Å². The van der Waals surface area contributed by atoms with Crippen LogP contribution in [0.2, 0.25) is 0 Å². The Morgan fingerprint density at radius 2 is 1.83 bits per heavy atom. The molecule has 30 heavy (non-hydrogen) atoms. The number of hydrogen-bond donors (Lipinski definition) is 2. The first-order chi connectivity index (χ1) is 14.3. The van der Waals surface area contributed by atoms with Crippen molar-refractivity contribution >= 4 is 21.6 Å². The maximum Gasteiger partial charge on any atom is 0.240 e. The maximum atomic E-state index is 13.2. The van der Waals surface area contributed by atoms with Crippen LogP contribution in [0.4, 0.5) is 14.5 Å². The SMILES string of the molecule is O=C(CCNS(=O)(=O)c1ccc(F)c(F)c1)Nc1cccc(CN2CCOCC2)c1. The summed E-state index contributed by atoms with van der Waals surface area (Å²) in [5.74, 6) is -2.76. The molecule has 0 aliphatic carbocycles. The van der Waals surface area contributed by atoms with E-state index in [2.05, 4.69) is 14.9 Å². The number of amides is 1. The van der Waals surface area contributed by atoms with Crippen LogP contribution in [0.15, 0.2) is 47.4 Å². The molecule has 10 heteroatoms. The summed E-state index contributed by atoms with van der Waals surface area (Å²) >= 11 is 0. The molecule has 0 saturated carbocycles. The third-order valence-corrected chi connectivity index (χ3v) is 6.02. The number of sulfonamides is 1. The number of nitrogens with zero attached hydrogens (tertiary/aromatic N) is 1. The van der Waals surface area contributed by atoms with Gasteiger partial charge in [-0.05, 0) is 35.9 Å². The third kappa shape index (κ3) is 6.30. The van der Waals surface area contributed by atoms with Gasteiger partial charge in [-0.3, -0.25) is 9.69 Å². The van der Waals surface area contributed by atoms with Crippen LogP contribution in [0, 0.1) is 11.6 Å². The van der Waals surface area contributed by atoms with Crippen LogP contribution in [-0.2, 0) is 26.1 Å². The van der Waals surface area contributed by atoms with Gasteiger partial charge in [0.15, 0.2) is 11.6 Å². The number of anilines is 1. The van der Waals surface area contributed by atoms with Crippen molar-refractivity contribution in [1.82, 2.24) is 9.62 Å². The highest BCUT2D eigenvalue weighted by Crippen LogP contribution is 2.15. The van der Waals surface area contributed by atoms with Crippen molar-refractivity contribution in [3.63, 3.8) is 0 Å². The van der Waals surface area contributed by atoms with E-state index < -0.39 is 26.6 Å². The Balaban J connectivity index is 1.49. The number of benzene rings is 2. The Labute approximate surface area is 174 Å². The van der Waals surface area contributed by atoms with Crippen LogP contribution in [0.25, 0.3) is 0 Å². The largest absolute Gasteiger partial charge is 0.379 e. The average molecular weight is 439 g/mol. The fraction of sp³-hybridized carbons (Fsp3) is 0.350. The van der Waals surface area contributed by atoms with E-state index in [4.69, 9.17) is 4.74 Å². The van der Waals surface area contributed by atoms with E-state index in [1.807, 2.05) is 18.2 Å². The summed E-state index contributed by atoms with van der Waals surface area (Å²) in [6.45, 7) is 3.69. The monoisotopic (exact) mass is 439 g/mol. The summed E-state index contributed by atoms with van der Waals surface area (Å²) in [5, 5.41) is 2.74. The molecule has 0 bridgehead atoms. The van der Waals surface area contributed by atoms with Crippen LogP contribution in [0.5, 0.6) is 0 Å². The van der Waals surface area contributed by atoms with Gasteiger partial charge in [-0.2, -0.15) is 0 Å². The summed E-state index contributed by atoms with van der Waals surface area (Å²) < 4.78 is 58.0. The van der Waals surface area contributed by atoms with E-state index in [0.29, 0.717) is 25.0 Å². The molecular formula is C20H23F2N3O4S. The van der Waals surface area contributed by atoms with Gasteiger partial charge in [0.2, 0.25) is 15.9 Å². The predicted molar refractivity (Wildman–Crippen MR) is 107 cm³/mol. The van der Waals surface area contributed by atoms with Gasteiger partial charge < -0.3 is 10.1 Å². The molecular weight excluding hydrogens is 416 g/mol. The summed E-state index contributed by atoms with van der Waals surface area (Å²) in [4.78, 5) is 14.0. The highest BCUT2D eigenvalue weighted by atomic mass is 32.2. The van der Waals surface area contributed by atoms with Crippen molar-refractivity contribution in [3.05, 3.63) is 59.7 Å². The fourth-order valence-corrected chi connectivity index (χ4v) is 4.06. The minimum atomic E-state index is -4.04. The van der Waals surface area contributed by atoms with Crippen molar-refractivity contribution in [1.29, 1.82) is 0 Å². The zero-order valence-electron chi connectivity index (χ0n) is 16.2. The summed E-state index contributed by atoms with van der Waals surface area (Å²) in [7, 11) is -4.04. The van der Waals surface area contributed by atoms with Gasteiger partial charge in [-0.1, -0.05) is 12.1 Å². The molecule has 2 aromatic rings. The van der Waals surface area contributed by atoms with Crippen molar-refractivity contribution in [3.8, 4) is 0 Å². The van der Waals surface area contributed by atoms with Crippen molar-refractivity contribution in [2.24, 2.45) is 0 Å². The number of halogens is 2. The quantitative estimate of drug-likeness (QED) is 0.658. The number of carbonyl (C=O) groups is 1. The van der Waals surface area contributed by atoms with E-state index in [-0.39, 0.29) is 18.9 Å². The number of ether oxygens (including phenoxy) is 1. The molecule has 162 valence electrons. The smallest absolute Gasteiger partial charge is 0.240 e. The number of hydrogen-bond acceptors (Lipinski definition) is 5. The van der Waals surface area contributed by atoms with Gasteiger partial charge >= 0.3 is 0 Å². The molecule has 7 nitrogen and oxygen atoms in total. The summed E-state index contributed by atoms with van der Waals surface area (Å²) in [6, 6.07) is 9.74. The number of nitrogens with one attached hydrogen (secondary N) is 2. The third-order valence-electron chi connectivity index (χ3n) is 4.57. The molecule has 1 aliphatic rings. The minimum absolute atomic E-state index is 0.114. The normalized spacial score (nSPS) is 15.1. The molecule has 1 aliphatic heterocycles. The van der Waals surface area contributed by atoms with Crippen molar-refractivity contribution in [2.45, 2.75) is 17.9 Å². The van der Waals surface area contributed by atoms with E-state index in [9.17, 15) is 22.0 Å². The molecule has 1 fully saturated rings. The highest BCUT2D eigenvalue weighted by Gasteiger charge is 2.17. The average Bonchev–Trinajstić information content (AvgIpc) is 2.71. The second-order valence-corrected chi connectivity index (χ2v) is 8.63. The van der Waals surface area contributed by atoms with Crippen molar-refractivity contribution < 1.29 is 26.7 Å². The maximum absolute atomic E-state index is 13.2. The molecule has 2 aromatic carbocycles. The molecule has 0 unspecified atom stereocenters. The molecule has 3 rings (SSSR count). The van der Waals surface area contributed by atoms with Crippen LogP contribution >= 0.6 is 0 Å². The van der Waals surface area contributed by atoms with Gasteiger partial charge in [0.25, 0.3) is 0 Å². The second kappa shape index (κ2) is 10.1. The molecule has 0 aromatic heterocycles. The summed E-state index contributed by atoms with van der Waals surface area (Å²) in [6.07, 6.45) is -0.114. The van der Waals surface area contributed by atoms with E-state index in [1.54, 1.807) is 6.07 Å². The standard InChI is InChI=1S/C20H23F2N3O4S/c21-18-5-4-17(13-19(18)22)30(27,28)23-7-6-20(26)24-16-3-1-2-15(12-16)14-25-8-10-29-11-9-25/h1-5,12-13,23H,6-11,14H2,(H,24,26). The Morgan fingerprint density at radius 1 is 1.07 bits per heavy atom. The molecule has 1 heterocycles. The van der Waals surface area contributed by atoms with Gasteiger partial charge in [0.1, 0.15) is 0 Å². The zero-order chi connectivity index (χ0) is 21.6. The minimum Gasteiger partial charge on any atom is -0.379 e. The predicted octanol–water partition coefficient (Wildman–Crippen LogP) is 2.10. The topological polar surface area (TPSA) is 87.7 Å². The Bertz CT molecular complexity index is 995. The lowest BCUT2D eigenvalue weighted by molar-refractivity contribution is -0.116. The van der Waals surface area contributed by atoms with E-state index >= 15 is 0 Å². The van der Waals surface area contributed by atoms with Crippen LogP contribution < -0.4 is 10.0 Å². The number of morpholine rings is 1. The van der Waals surface area contributed by atoms with Gasteiger partial charge in [-0.15, -0.1) is 0 Å². The lowest BCUT2D eigenvalue weighted by Crippen LogP contribution is -2.35. The molecule has 0 atom stereocenters. The molecule has 0 spiro atoms. The van der Waals surface area contributed by atoms with Gasteiger partial charge in [0, 0.05) is 38.3 Å². The zero-order valence-corrected chi connectivity index (χ0v) is 17.1. The van der Waals surface area contributed by atoms with E-state index in [0.717, 1.165) is 37.3 Å². The first-order valence-electron chi connectivity index (χ1n) is 9.47. The number of rotatable bonds is 8. The first kappa shape index (κ1) is 22.3. The molecule has 1 saturated heterocycles. The van der Waals surface area contributed by atoms with Crippen LogP contribution in [-0.4, -0.2) is 52.1 Å². The Kier molecular flexibility index (Phi) is 7.48.